The van der Waals surface area contributed by atoms with E-state index in [-0.39, 0.29) is 148 Å². The Bertz CT molecular complexity index is 5930. The predicted octanol–water partition coefficient (Wildman–Crippen LogP) is 12.1. The minimum Gasteiger partial charge on any atom is -0.502 e. The van der Waals surface area contributed by atoms with E-state index in [4.69, 9.17) is 83.8 Å². The molecule has 1 aliphatic heterocycles. The molecule has 0 radical (unpaired) electrons. The van der Waals surface area contributed by atoms with E-state index in [1.807, 2.05) is 152 Å². The van der Waals surface area contributed by atoms with E-state index in [9.17, 15) is 58.2 Å². The van der Waals surface area contributed by atoms with Gasteiger partial charge in [-0.1, -0.05) is 152 Å². The molecule has 0 aliphatic carbocycles. The zero-order chi connectivity index (χ0) is 84.3. The molecule has 2 unspecified atom stereocenters. The number of ether oxygens (including phenoxy) is 7. The zero-order valence-electron chi connectivity index (χ0n) is 62.5. The molecule has 1 fully saturated rings. The number of hydrogen-bond acceptors (Lipinski definition) is 31. The summed E-state index contributed by atoms with van der Waals surface area (Å²) < 4.78 is 84.3. The molecule has 0 amide bonds. The number of ketones is 1. The molecular formula is C88H72O31. The Hall–Kier alpha value is -15.1. The Labute approximate surface area is 672 Å². The first-order valence-corrected chi connectivity index (χ1v) is 35.7. The van der Waals surface area contributed by atoms with E-state index >= 15 is 0 Å². The topological polar surface area (TPSA) is 455 Å². The van der Waals surface area contributed by atoms with Gasteiger partial charge in [-0.2, -0.15) is 0 Å². The average molecular weight is 1630 g/mol. The molecule has 0 bridgehead atoms. The predicted molar refractivity (Wildman–Crippen MR) is 416 cm³/mol. The van der Waals surface area contributed by atoms with Gasteiger partial charge in [0.2, 0.25) is 84.9 Å². The summed E-state index contributed by atoms with van der Waals surface area (Å²) in [6, 6.07) is 62.6. The lowest BCUT2D eigenvalue weighted by Crippen LogP contribution is -2.13. The molecule has 5 aromatic carbocycles. The number of aldehydes is 3. The first-order valence-electron chi connectivity index (χ1n) is 35.7. The minimum absolute atomic E-state index is 0.00313. The number of benzene rings is 5. The van der Waals surface area contributed by atoms with Crippen LogP contribution in [0.3, 0.4) is 0 Å². The molecule has 15 rings (SSSR count). The van der Waals surface area contributed by atoms with Crippen LogP contribution in [0.5, 0.6) is 34.5 Å². The van der Waals surface area contributed by atoms with Gasteiger partial charge >= 0.3 is 0 Å². The van der Waals surface area contributed by atoms with Gasteiger partial charge in [-0.3, -0.25) is 47.9 Å². The third-order valence-corrected chi connectivity index (χ3v) is 16.3. The second-order valence-electron chi connectivity index (χ2n) is 24.4. The van der Waals surface area contributed by atoms with Gasteiger partial charge < -0.3 is 98.4 Å². The number of aliphatic hydroxyl groups excluding tert-OH is 4. The van der Waals surface area contributed by atoms with Crippen molar-refractivity contribution in [2.45, 2.75) is 64.7 Å². The van der Waals surface area contributed by atoms with Crippen molar-refractivity contribution in [3.05, 3.63) is 420 Å². The van der Waals surface area contributed by atoms with Crippen molar-refractivity contribution in [3.63, 3.8) is 0 Å². The van der Waals surface area contributed by atoms with Gasteiger partial charge in [0.05, 0.1) is 50.8 Å². The Morgan fingerprint density at radius 2 is 0.731 bits per heavy atom. The number of aromatic hydroxyl groups is 1. The molecule has 1 aliphatic rings. The number of hydrogen-bond donors (Lipinski definition) is 5. The number of furan rings is 3. The maximum atomic E-state index is 12.4. The molecule has 31 heteroatoms. The highest BCUT2D eigenvalue weighted by atomic mass is 16.7. The number of carbonyl (C=O) groups is 4. The average Bonchev–Trinajstić information content (AvgIpc) is 1.80. The van der Waals surface area contributed by atoms with Gasteiger partial charge in [-0.15, -0.1) is 0 Å². The molecule has 119 heavy (non-hydrogen) atoms. The molecule has 9 aromatic heterocycles. The maximum Gasteiger partial charge on any atom is 0.267 e. The second kappa shape index (κ2) is 44.5. The molecule has 610 valence electrons. The summed E-state index contributed by atoms with van der Waals surface area (Å²) in [5.74, 6) is -1.29. The zero-order valence-corrected chi connectivity index (χ0v) is 62.5. The van der Waals surface area contributed by atoms with E-state index in [1.54, 1.807) is 12.1 Å². The van der Waals surface area contributed by atoms with E-state index in [1.165, 1.54) is 73.6 Å². The van der Waals surface area contributed by atoms with Crippen molar-refractivity contribution >= 4 is 24.6 Å². The van der Waals surface area contributed by atoms with Crippen LogP contribution < -0.4 is 56.3 Å². The van der Waals surface area contributed by atoms with Gasteiger partial charge in [0.1, 0.15) is 57.8 Å². The van der Waals surface area contributed by atoms with Crippen LogP contribution in [0, 0.1) is 0 Å². The molecule has 0 saturated carbocycles. The van der Waals surface area contributed by atoms with Crippen LogP contribution in [-0.2, 0) is 55.7 Å². The van der Waals surface area contributed by atoms with Crippen LogP contribution >= 0.6 is 0 Å². The number of rotatable bonds is 27. The third-order valence-electron chi connectivity index (χ3n) is 16.3. The molecule has 5 N–H and O–H groups in total. The summed E-state index contributed by atoms with van der Waals surface area (Å²) >= 11 is 0. The Morgan fingerprint density at radius 1 is 0.370 bits per heavy atom. The van der Waals surface area contributed by atoms with Crippen molar-refractivity contribution in [2.75, 3.05) is 13.2 Å². The van der Waals surface area contributed by atoms with Gasteiger partial charge in [-0.05, 0) is 64.2 Å². The number of aliphatic hydroxyl groups is 4. The van der Waals surface area contributed by atoms with Crippen LogP contribution in [-0.4, -0.2) is 63.4 Å². The fraction of sp³-hybridized carbons (Fsp3) is 0.136. The molecule has 1 saturated heterocycles. The molecule has 10 heterocycles. The van der Waals surface area contributed by atoms with Crippen molar-refractivity contribution in [3.8, 4) is 34.5 Å². The normalized spacial score (nSPS) is 11.7. The highest BCUT2D eigenvalue weighted by Crippen LogP contribution is 2.34. The molecular weight excluding hydrogens is 1550 g/mol. The summed E-state index contributed by atoms with van der Waals surface area (Å²) in [7, 11) is 0. The highest BCUT2D eigenvalue weighted by molar-refractivity contribution is 6.07. The molecule has 14 aromatic rings. The highest BCUT2D eigenvalue weighted by Gasteiger charge is 2.29. The second-order valence-corrected chi connectivity index (χ2v) is 24.4. The van der Waals surface area contributed by atoms with Crippen LogP contribution in [0.25, 0.3) is 0 Å². The van der Waals surface area contributed by atoms with Gasteiger partial charge in [0, 0.05) is 36.4 Å². The SMILES string of the molecule is O=Cc1ccc(C(=O)c2occc(=O)c2OCc2ccccc2)o1.O=Cc1ccc(C(O)c2occc(=O)c2OCc2ccccc2)o1.O=Cc1occc(=O)c1OCc1ccccc1.O=c1ccoc(C(O)c2ccc(C3OCCO3)o2)c1OCc1ccccc1.O=c1ccoc(CO)c1O.O=c1ccoc(CO)c1OCc1ccccc1. The van der Waals surface area contributed by atoms with Crippen LogP contribution in [0.15, 0.2) is 331 Å². The van der Waals surface area contributed by atoms with Gasteiger partial charge in [0.25, 0.3) is 5.78 Å². The van der Waals surface area contributed by atoms with E-state index in [0.717, 1.165) is 52.5 Å². The van der Waals surface area contributed by atoms with Crippen molar-refractivity contribution in [1.29, 1.82) is 0 Å². The van der Waals surface area contributed by atoms with Crippen molar-refractivity contribution < 1.29 is 118 Å². The summed E-state index contributed by atoms with van der Waals surface area (Å²) in [6.45, 7) is 1.03. The standard InChI is InChI=1S/C20H18O7.C18H14O6.C18H12O6.C13H12O4.C13H10O4.C6H6O4/c21-14-8-9-23-19(18(14)26-12-13-4-2-1-3-5-13)17(22)15-6-7-16(27-15)20-24-10-11-25-20;2*19-10-13-6-7-15(24-13)16(21)18-17(14(20)8-9-22-18)23-11-12-4-2-1-3-5-12;2*14-8-12-13(11(15)6-7-16-12)17-9-10-4-2-1-3-5-10;7-3-5-6(9)4(8)1-2-10-5/h1-9,17,20,22H,10-12H2;1-10,16,21H,11H2;1-10H,11H2;1-7,14H,8-9H2;1-8H,9H2;1-2,7,9H,3H2. The fourth-order valence-corrected chi connectivity index (χ4v) is 10.4. The van der Waals surface area contributed by atoms with Crippen LogP contribution in [0.1, 0.15) is 135 Å². The largest absolute Gasteiger partial charge is 0.502 e. The third kappa shape index (κ3) is 24.7. The van der Waals surface area contributed by atoms with E-state index < -0.39 is 52.9 Å². The maximum absolute atomic E-state index is 12.4. The molecule has 2 atom stereocenters. The summed E-state index contributed by atoms with van der Waals surface area (Å²) in [5, 5.41) is 47.4. The lowest BCUT2D eigenvalue weighted by molar-refractivity contribution is -0.0603. The fourth-order valence-electron chi connectivity index (χ4n) is 10.4. The van der Waals surface area contributed by atoms with Crippen molar-refractivity contribution in [1.82, 2.24) is 0 Å². The minimum atomic E-state index is -1.36. The van der Waals surface area contributed by atoms with Crippen LogP contribution in [0.4, 0.5) is 0 Å². The quantitative estimate of drug-likeness (QED) is 0.0236. The van der Waals surface area contributed by atoms with Crippen molar-refractivity contribution in [2.24, 2.45) is 0 Å². The van der Waals surface area contributed by atoms with Crippen LogP contribution in [0.2, 0.25) is 0 Å². The monoisotopic (exact) mass is 1620 g/mol. The first-order chi connectivity index (χ1) is 58.0. The Balaban J connectivity index is 0.000000153. The lowest BCUT2D eigenvalue weighted by atomic mass is 10.2. The number of carbonyl (C=O) groups excluding carboxylic acids is 4. The molecule has 31 nitrogen and oxygen atoms in total. The summed E-state index contributed by atoms with van der Waals surface area (Å²) in [6.07, 6.45) is 5.20. The van der Waals surface area contributed by atoms with Gasteiger partial charge in [0.15, 0.2) is 77.1 Å². The van der Waals surface area contributed by atoms with E-state index in [2.05, 4.69) is 4.42 Å². The molecule has 0 spiro atoms. The first kappa shape index (κ1) is 86.3. The Morgan fingerprint density at radius 3 is 1.17 bits per heavy atom. The summed E-state index contributed by atoms with van der Waals surface area (Å²) in [4.78, 5) is 114. The van der Waals surface area contributed by atoms with Gasteiger partial charge in [-0.25, -0.2) is 0 Å². The van der Waals surface area contributed by atoms with E-state index in [0.29, 0.717) is 37.8 Å². The smallest absolute Gasteiger partial charge is 0.267 e. The summed E-state index contributed by atoms with van der Waals surface area (Å²) in [5.41, 5.74) is 1.93. The lowest BCUT2D eigenvalue weighted by Gasteiger charge is -2.13. The Kier molecular flexibility index (Phi) is 32.3.